The van der Waals surface area contributed by atoms with Gasteiger partial charge in [-0.25, -0.2) is 0 Å². The maximum atomic E-state index is 13.3. The average molecular weight is 423 g/mol. The molecule has 0 aromatic carbocycles. The smallest absolute Gasteiger partial charge is 0.255 e. The fourth-order valence-corrected chi connectivity index (χ4v) is 5.31. The molecule has 3 aromatic heterocycles. The Hall–Kier alpha value is -2.71. The summed E-state index contributed by atoms with van der Waals surface area (Å²) in [6.07, 6.45) is 5.04. The number of hydrogen-bond acceptors (Lipinski definition) is 6. The van der Waals surface area contributed by atoms with E-state index in [1.807, 2.05) is 43.9 Å². The highest BCUT2D eigenvalue weighted by Crippen LogP contribution is 2.35. The summed E-state index contributed by atoms with van der Waals surface area (Å²) in [7, 11) is 2.04. The molecule has 0 spiro atoms. The van der Waals surface area contributed by atoms with Gasteiger partial charge in [0.15, 0.2) is 0 Å². The van der Waals surface area contributed by atoms with E-state index in [-0.39, 0.29) is 5.56 Å². The van der Waals surface area contributed by atoms with E-state index in [0.29, 0.717) is 18.4 Å². The number of piperidine rings is 1. The van der Waals surface area contributed by atoms with Crippen molar-refractivity contribution < 1.29 is 4.52 Å². The summed E-state index contributed by atoms with van der Waals surface area (Å²) in [4.78, 5) is 18.0. The zero-order valence-electron chi connectivity index (χ0n) is 18.5. The Morgan fingerprint density at radius 2 is 2.10 bits per heavy atom. The standard InChI is InChI=1S/C23H30N6O2/c1-15-21(16(2)31-26-15)14-27(3)12-19-4-5-22-20-6-17(11-29(22)23(19)30)9-28(13-20)10-18-7-24-25-8-18/h4-5,7-8,17,20H,6,9-14H2,1-3H3,(H,24,25)/t17-,20+/m0/s1. The Morgan fingerprint density at radius 3 is 2.84 bits per heavy atom. The van der Waals surface area contributed by atoms with E-state index >= 15 is 0 Å². The summed E-state index contributed by atoms with van der Waals surface area (Å²) >= 11 is 0. The molecular weight excluding hydrogens is 392 g/mol. The van der Waals surface area contributed by atoms with Crippen LogP contribution in [0.5, 0.6) is 0 Å². The van der Waals surface area contributed by atoms with Gasteiger partial charge in [-0.2, -0.15) is 5.10 Å². The molecule has 164 valence electrons. The van der Waals surface area contributed by atoms with Gasteiger partial charge in [0.1, 0.15) is 5.76 Å². The Balaban J connectivity index is 1.32. The molecule has 0 aliphatic carbocycles. The summed E-state index contributed by atoms with van der Waals surface area (Å²) in [6, 6.07) is 4.22. The molecule has 1 fully saturated rings. The minimum atomic E-state index is 0.168. The van der Waals surface area contributed by atoms with E-state index in [1.54, 1.807) is 0 Å². The van der Waals surface area contributed by atoms with Crippen LogP contribution in [0.3, 0.4) is 0 Å². The molecule has 2 aliphatic rings. The number of fused-ring (bicyclic) bond motifs is 4. The lowest BCUT2D eigenvalue weighted by molar-refractivity contribution is 0.114. The summed E-state index contributed by atoms with van der Waals surface area (Å²) in [5, 5.41) is 11.0. The first-order valence-corrected chi connectivity index (χ1v) is 11.0. The number of likely N-dealkylation sites (tertiary alicyclic amines) is 1. The molecule has 2 aliphatic heterocycles. The molecule has 8 heteroatoms. The number of aromatic amines is 1. The van der Waals surface area contributed by atoms with Gasteiger partial charge >= 0.3 is 0 Å². The molecule has 8 nitrogen and oxygen atoms in total. The van der Waals surface area contributed by atoms with Crippen LogP contribution in [-0.2, 0) is 26.2 Å². The monoisotopic (exact) mass is 422 g/mol. The van der Waals surface area contributed by atoms with Gasteiger partial charge in [-0.3, -0.25) is 19.7 Å². The number of rotatable bonds is 6. The lowest BCUT2D eigenvalue weighted by Crippen LogP contribution is -2.47. The van der Waals surface area contributed by atoms with Crippen LogP contribution in [0.1, 0.15) is 46.2 Å². The fraction of sp³-hybridized carbons (Fsp3) is 0.522. The Labute approximate surface area is 181 Å². The summed E-state index contributed by atoms with van der Waals surface area (Å²) < 4.78 is 7.33. The third-order valence-electron chi connectivity index (χ3n) is 6.77. The van der Waals surface area contributed by atoms with Gasteiger partial charge in [-0.15, -0.1) is 0 Å². The zero-order chi connectivity index (χ0) is 21.5. The maximum absolute atomic E-state index is 13.3. The summed E-state index contributed by atoms with van der Waals surface area (Å²) in [5.74, 6) is 1.78. The van der Waals surface area contributed by atoms with Crippen molar-refractivity contribution in [3.8, 4) is 0 Å². The minimum Gasteiger partial charge on any atom is -0.361 e. The Morgan fingerprint density at radius 1 is 1.23 bits per heavy atom. The highest BCUT2D eigenvalue weighted by molar-refractivity contribution is 5.24. The first-order valence-electron chi connectivity index (χ1n) is 11.0. The molecule has 0 amide bonds. The van der Waals surface area contributed by atoms with Crippen molar-refractivity contribution >= 4 is 0 Å². The largest absolute Gasteiger partial charge is 0.361 e. The van der Waals surface area contributed by atoms with E-state index in [9.17, 15) is 4.79 Å². The first kappa shape index (κ1) is 20.2. The van der Waals surface area contributed by atoms with E-state index < -0.39 is 0 Å². The van der Waals surface area contributed by atoms with Gasteiger partial charge in [0.05, 0.1) is 11.9 Å². The van der Waals surface area contributed by atoms with Crippen molar-refractivity contribution in [3.05, 3.63) is 68.7 Å². The molecule has 3 aromatic rings. The van der Waals surface area contributed by atoms with Crippen LogP contribution >= 0.6 is 0 Å². The summed E-state index contributed by atoms with van der Waals surface area (Å²) in [5.41, 5.74) is 5.45. The number of aromatic nitrogens is 4. The van der Waals surface area contributed by atoms with Crippen LogP contribution < -0.4 is 5.56 Å². The van der Waals surface area contributed by atoms with Gasteiger partial charge in [0.2, 0.25) is 0 Å². The predicted octanol–water partition coefficient (Wildman–Crippen LogP) is 2.43. The third kappa shape index (κ3) is 3.97. The van der Waals surface area contributed by atoms with Crippen molar-refractivity contribution in [1.29, 1.82) is 0 Å². The molecular formula is C23H30N6O2. The van der Waals surface area contributed by atoms with Gasteiger partial charge in [0, 0.05) is 73.8 Å². The number of aryl methyl sites for hydroxylation is 2. The number of nitrogens with one attached hydrogen (secondary N) is 1. The number of nitrogens with zero attached hydrogens (tertiary/aromatic N) is 5. The molecule has 5 heterocycles. The van der Waals surface area contributed by atoms with Gasteiger partial charge < -0.3 is 9.09 Å². The molecule has 0 radical (unpaired) electrons. The van der Waals surface area contributed by atoms with Crippen LogP contribution in [-0.4, -0.2) is 49.9 Å². The first-order chi connectivity index (χ1) is 15.0. The second kappa shape index (κ2) is 8.09. The lowest BCUT2D eigenvalue weighted by Gasteiger charge is -2.43. The van der Waals surface area contributed by atoms with Crippen LogP contribution in [0, 0.1) is 19.8 Å². The highest BCUT2D eigenvalue weighted by Gasteiger charge is 2.35. The number of H-pyrrole nitrogens is 1. The van der Waals surface area contributed by atoms with E-state index in [1.165, 1.54) is 17.7 Å². The average Bonchev–Trinajstić information content (AvgIpc) is 3.36. The minimum absolute atomic E-state index is 0.168. The van der Waals surface area contributed by atoms with Crippen molar-refractivity contribution in [2.24, 2.45) is 5.92 Å². The van der Waals surface area contributed by atoms with Crippen molar-refractivity contribution in [1.82, 2.24) is 29.7 Å². The number of hydrogen-bond donors (Lipinski definition) is 1. The second-order valence-corrected chi connectivity index (χ2v) is 9.27. The van der Waals surface area contributed by atoms with Crippen molar-refractivity contribution in [2.45, 2.75) is 52.4 Å². The predicted molar refractivity (Wildman–Crippen MR) is 117 cm³/mol. The SMILES string of the molecule is Cc1noc(C)c1CN(C)Cc1ccc2n(c1=O)C[C@H]1C[C@@H]2CN(Cc2cn[nH]c2)C1. The molecule has 1 saturated heterocycles. The zero-order valence-corrected chi connectivity index (χ0v) is 18.5. The van der Waals surface area contributed by atoms with E-state index in [0.717, 1.165) is 55.3 Å². The van der Waals surface area contributed by atoms with Gasteiger partial charge in [-0.1, -0.05) is 11.2 Å². The van der Waals surface area contributed by atoms with Crippen molar-refractivity contribution in [3.63, 3.8) is 0 Å². The molecule has 2 bridgehead atoms. The van der Waals surface area contributed by atoms with Crippen LogP contribution in [0.15, 0.2) is 33.8 Å². The molecule has 31 heavy (non-hydrogen) atoms. The lowest BCUT2D eigenvalue weighted by atomic mass is 9.83. The number of pyridine rings is 1. The highest BCUT2D eigenvalue weighted by atomic mass is 16.5. The van der Waals surface area contributed by atoms with Crippen molar-refractivity contribution in [2.75, 3.05) is 20.1 Å². The van der Waals surface area contributed by atoms with Gasteiger partial charge in [0.25, 0.3) is 5.56 Å². The third-order valence-corrected chi connectivity index (χ3v) is 6.77. The normalized spacial score (nSPS) is 20.9. The van der Waals surface area contributed by atoms with E-state index in [2.05, 4.69) is 31.2 Å². The second-order valence-electron chi connectivity index (χ2n) is 9.27. The molecule has 1 N–H and O–H groups in total. The van der Waals surface area contributed by atoms with Crippen LogP contribution in [0.2, 0.25) is 0 Å². The Kier molecular flexibility index (Phi) is 5.27. The van der Waals surface area contributed by atoms with Gasteiger partial charge in [-0.05, 0) is 39.3 Å². The fourth-order valence-electron chi connectivity index (χ4n) is 5.31. The quantitative estimate of drug-likeness (QED) is 0.657. The van der Waals surface area contributed by atoms with Crippen LogP contribution in [0.4, 0.5) is 0 Å². The molecule has 2 atom stereocenters. The topological polar surface area (TPSA) is 83.2 Å². The Bertz CT molecular complexity index is 1100. The summed E-state index contributed by atoms with van der Waals surface area (Å²) in [6.45, 7) is 8.98. The maximum Gasteiger partial charge on any atom is 0.255 e. The molecule has 0 saturated carbocycles. The molecule has 0 unspecified atom stereocenters. The molecule has 5 rings (SSSR count). The van der Waals surface area contributed by atoms with E-state index in [4.69, 9.17) is 4.52 Å². The van der Waals surface area contributed by atoms with Crippen LogP contribution in [0.25, 0.3) is 0 Å².